The molecule has 0 fully saturated rings. The summed E-state index contributed by atoms with van der Waals surface area (Å²) in [4.78, 5) is 12.4. The van der Waals surface area contributed by atoms with Gasteiger partial charge in [-0.25, -0.2) is 8.42 Å². The Kier molecular flexibility index (Phi) is 3.33. The lowest BCUT2D eigenvalue weighted by Crippen LogP contribution is -2.09. The van der Waals surface area contributed by atoms with E-state index in [9.17, 15) is 13.2 Å². The third kappa shape index (κ3) is 2.53. The van der Waals surface area contributed by atoms with Crippen molar-refractivity contribution in [2.24, 2.45) is 0 Å². The van der Waals surface area contributed by atoms with Crippen molar-refractivity contribution in [3.63, 3.8) is 0 Å². The largest absolute Gasteiger partial charge is 0.287 e. The summed E-state index contributed by atoms with van der Waals surface area (Å²) in [5.74, 6) is 0. The first-order valence-electron chi connectivity index (χ1n) is 6.66. The van der Waals surface area contributed by atoms with Crippen molar-refractivity contribution >= 4 is 20.7 Å². The van der Waals surface area contributed by atoms with Gasteiger partial charge >= 0.3 is 0 Å². The molecular formula is C16H14N2O3S. The zero-order chi connectivity index (χ0) is 15.9. The zero-order valence-corrected chi connectivity index (χ0v) is 12.9. The minimum absolute atomic E-state index is 0.108. The van der Waals surface area contributed by atoms with E-state index in [-0.39, 0.29) is 10.3 Å². The predicted molar refractivity (Wildman–Crippen MR) is 85.6 cm³/mol. The fourth-order valence-corrected chi connectivity index (χ4v) is 2.92. The van der Waals surface area contributed by atoms with E-state index in [0.717, 1.165) is 11.1 Å². The van der Waals surface area contributed by atoms with Crippen molar-refractivity contribution in [2.45, 2.75) is 11.8 Å². The van der Waals surface area contributed by atoms with Crippen molar-refractivity contribution in [1.82, 2.24) is 10.2 Å². The number of nitrogens with zero attached hydrogens (tertiary/aromatic N) is 1. The van der Waals surface area contributed by atoms with E-state index >= 15 is 0 Å². The molecule has 5 nitrogen and oxygen atoms in total. The highest BCUT2D eigenvalue weighted by Crippen LogP contribution is 2.23. The van der Waals surface area contributed by atoms with Crippen LogP contribution in [0.1, 0.15) is 5.69 Å². The van der Waals surface area contributed by atoms with Crippen LogP contribution >= 0.6 is 0 Å². The van der Waals surface area contributed by atoms with Gasteiger partial charge in [0.15, 0.2) is 9.84 Å². The van der Waals surface area contributed by atoms with Crippen molar-refractivity contribution in [1.29, 1.82) is 0 Å². The van der Waals surface area contributed by atoms with Gasteiger partial charge in [-0.1, -0.05) is 18.2 Å². The molecule has 6 heteroatoms. The maximum absolute atomic E-state index is 12.1. The average molecular weight is 314 g/mol. The van der Waals surface area contributed by atoms with Crippen molar-refractivity contribution < 1.29 is 8.42 Å². The first kappa shape index (κ1) is 14.5. The van der Waals surface area contributed by atoms with Gasteiger partial charge in [0.2, 0.25) is 5.43 Å². The predicted octanol–water partition coefficient (Wildman–Crippen LogP) is 2.30. The number of aryl methyl sites for hydroxylation is 1. The van der Waals surface area contributed by atoms with Crippen LogP contribution in [-0.2, 0) is 9.84 Å². The molecule has 3 rings (SSSR count). The summed E-state index contributed by atoms with van der Waals surface area (Å²) >= 11 is 0. The van der Waals surface area contributed by atoms with Crippen LogP contribution in [0.4, 0.5) is 0 Å². The molecular weight excluding hydrogens is 300 g/mol. The molecule has 0 amide bonds. The summed E-state index contributed by atoms with van der Waals surface area (Å²) in [7, 11) is -3.21. The van der Waals surface area contributed by atoms with E-state index < -0.39 is 9.84 Å². The molecule has 1 N–H and O–H groups in total. The number of hydrogen-bond donors (Lipinski definition) is 1. The second kappa shape index (κ2) is 5.06. The summed E-state index contributed by atoms with van der Waals surface area (Å²) in [5, 5.41) is 7.35. The number of fused-ring (bicyclic) bond motifs is 1. The Morgan fingerprint density at radius 2 is 1.64 bits per heavy atom. The van der Waals surface area contributed by atoms with Gasteiger partial charge < -0.3 is 0 Å². The Hall–Kier alpha value is -2.47. The Bertz CT molecular complexity index is 1020. The van der Waals surface area contributed by atoms with Gasteiger partial charge in [-0.05, 0) is 42.3 Å². The standard InChI is InChI=1S/C16H14N2O3S/c1-10-16(19)14-9-12(5-8-15(14)18-17-10)11-3-6-13(7-4-11)22(2,20)21/h3-9H,1-2H3,(H,18,19). The summed E-state index contributed by atoms with van der Waals surface area (Å²) in [6.07, 6.45) is 1.17. The molecule has 0 bridgehead atoms. The molecule has 0 radical (unpaired) electrons. The Balaban J connectivity index is 2.14. The molecule has 0 aliphatic rings. The average Bonchev–Trinajstić information content (AvgIpc) is 2.50. The highest BCUT2D eigenvalue weighted by atomic mass is 32.2. The Morgan fingerprint density at radius 3 is 2.27 bits per heavy atom. The summed E-state index contributed by atoms with van der Waals surface area (Å²) in [5.41, 5.74) is 2.68. The van der Waals surface area contributed by atoms with Crippen LogP contribution in [0.15, 0.2) is 52.2 Å². The number of rotatable bonds is 2. The fourth-order valence-electron chi connectivity index (χ4n) is 2.29. The molecule has 0 atom stereocenters. The molecule has 0 aliphatic heterocycles. The van der Waals surface area contributed by atoms with Gasteiger partial charge in [-0.15, -0.1) is 0 Å². The molecule has 0 aliphatic carbocycles. The van der Waals surface area contributed by atoms with E-state index in [4.69, 9.17) is 0 Å². The summed E-state index contributed by atoms with van der Waals surface area (Å²) in [6, 6.07) is 12.1. The topological polar surface area (TPSA) is 79.9 Å². The Morgan fingerprint density at radius 1 is 1.00 bits per heavy atom. The van der Waals surface area contributed by atoms with Gasteiger partial charge in [0.1, 0.15) is 5.69 Å². The van der Waals surface area contributed by atoms with Crippen LogP contribution in [0.2, 0.25) is 0 Å². The first-order chi connectivity index (χ1) is 10.4. The third-order valence-corrected chi connectivity index (χ3v) is 4.68. The lowest BCUT2D eigenvalue weighted by molar-refractivity contribution is 0.602. The van der Waals surface area contributed by atoms with Crippen molar-refractivity contribution in [2.75, 3.05) is 6.26 Å². The van der Waals surface area contributed by atoms with E-state index in [1.807, 2.05) is 6.07 Å². The number of nitrogens with one attached hydrogen (secondary N) is 1. The van der Waals surface area contributed by atoms with Gasteiger partial charge in [0.25, 0.3) is 0 Å². The number of sulfone groups is 1. The van der Waals surface area contributed by atoms with Crippen molar-refractivity contribution in [3.8, 4) is 11.1 Å². The van der Waals surface area contributed by atoms with Crippen LogP contribution in [0.5, 0.6) is 0 Å². The quantitative estimate of drug-likeness (QED) is 0.787. The van der Waals surface area contributed by atoms with Crippen LogP contribution in [0.3, 0.4) is 0 Å². The molecule has 3 aromatic rings. The first-order valence-corrected chi connectivity index (χ1v) is 8.55. The number of hydrogen-bond acceptors (Lipinski definition) is 4. The fraction of sp³-hybridized carbons (Fsp3) is 0.125. The smallest absolute Gasteiger partial charge is 0.210 e. The van der Waals surface area contributed by atoms with Gasteiger partial charge in [0.05, 0.1) is 10.4 Å². The highest BCUT2D eigenvalue weighted by molar-refractivity contribution is 7.90. The minimum Gasteiger partial charge on any atom is -0.287 e. The molecule has 1 heterocycles. The molecule has 0 saturated heterocycles. The van der Waals surface area contributed by atoms with Crippen LogP contribution in [-0.4, -0.2) is 24.9 Å². The number of aromatic nitrogens is 2. The second-order valence-electron chi connectivity index (χ2n) is 5.20. The zero-order valence-electron chi connectivity index (χ0n) is 12.1. The molecule has 0 spiro atoms. The Labute approximate surface area is 127 Å². The monoisotopic (exact) mass is 314 g/mol. The number of H-pyrrole nitrogens is 1. The van der Waals surface area contributed by atoms with E-state index in [1.165, 1.54) is 6.26 Å². The maximum Gasteiger partial charge on any atom is 0.210 e. The lowest BCUT2D eigenvalue weighted by atomic mass is 10.0. The van der Waals surface area contributed by atoms with Crippen LogP contribution < -0.4 is 5.43 Å². The van der Waals surface area contributed by atoms with Gasteiger partial charge in [0, 0.05) is 11.6 Å². The third-order valence-electron chi connectivity index (χ3n) is 3.55. The van der Waals surface area contributed by atoms with E-state index in [2.05, 4.69) is 10.2 Å². The maximum atomic E-state index is 12.1. The van der Waals surface area contributed by atoms with E-state index in [0.29, 0.717) is 16.6 Å². The molecule has 2 aromatic carbocycles. The summed E-state index contributed by atoms with van der Waals surface area (Å²) in [6.45, 7) is 1.66. The highest BCUT2D eigenvalue weighted by Gasteiger charge is 2.08. The van der Waals surface area contributed by atoms with Crippen LogP contribution in [0.25, 0.3) is 22.0 Å². The van der Waals surface area contributed by atoms with Crippen LogP contribution in [0, 0.1) is 6.92 Å². The van der Waals surface area contributed by atoms with Crippen molar-refractivity contribution in [3.05, 3.63) is 58.4 Å². The SMILES string of the molecule is Cc1n[nH]c2ccc(-c3ccc(S(C)(=O)=O)cc3)cc2c1=O. The molecule has 0 saturated carbocycles. The molecule has 112 valence electrons. The molecule has 1 aromatic heterocycles. The molecule has 0 unspecified atom stereocenters. The van der Waals surface area contributed by atoms with Gasteiger partial charge in [-0.2, -0.15) is 5.10 Å². The second-order valence-corrected chi connectivity index (χ2v) is 7.21. The lowest BCUT2D eigenvalue weighted by Gasteiger charge is -2.05. The van der Waals surface area contributed by atoms with E-state index in [1.54, 1.807) is 43.3 Å². The number of benzene rings is 2. The van der Waals surface area contributed by atoms with Gasteiger partial charge in [-0.3, -0.25) is 9.89 Å². The number of aromatic amines is 1. The normalized spacial score (nSPS) is 11.7. The summed E-state index contributed by atoms with van der Waals surface area (Å²) < 4.78 is 23.0. The minimum atomic E-state index is -3.21. The molecule has 22 heavy (non-hydrogen) atoms.